The molecule has 2 unspecified atom stereocenters. The molecule has 0 aromatic carbocycles. The Hall–Kier alpha value is -0.160. The summed E-state index contributed by atoms with van der Waals surface area (Å²) < 4.78 is 11.0. The summed E-state index contributed by atoms with van der Waals surface area (Å²) in [5.41, 5.74) is 0. The van der Waals surface area contributed by atoms with E-state index in [0.29, 0.717) is 30.4 Å². The lowest BCUT2D eigenvalue weighted by Crippen LogP contribution is -2.48. The topological polar surface area (TPSA) is 24.9 Å². The summed E-state index contributed by atoms with van der Waals surface area (Å²) in [6.07, 6.45) is 1.23. The minimum Gasteiger partial charge on any atom is -0.376 e. The molecule has 0 aliphatic carbocycles. The molecule has 2 aliphatic rings. The van der Waals surface area contributed by atoms with Gasteiger partial charge < -0.3 is 9.47 Å². The highest BCUT2D eigenvalue weighted by atomic mass is 16.5. The van der Waals surface area contributed by atoms with Crippen LogP contribution in [0.4, 0.5) is 0 Å². The molecular weight excluding hydrogens is 288 g/mol. The summed E-state index contributed by atoms with van der Waals surface area (Å²) >= 11 is 0. The summed E-state index contributed by atoms with van der Waals surface area (Å²) in [6, 6.07) is 1.33. The van der Waals surface area contributed by atoms with Crippen molar-refractivity contribution in [2.75, 3.05) is 32.8 Å². The molecule has 0 radical (unpaired) electrons. The van der Waals surface area contributed by atoms with E-state index in [2.05, 4.69) is 58.3 Å². The molecule has 0 spiro atoms. The Balaban J connectivity index is 0.000000381. The number of hydrogen-bond donors (Lipinski definition) is 0. The van der Waals surface area contributed by atoms with Crippen molar-refractivity contribution >= 4 is 0 Å². The largest absolute Gasteiger partial charge is 0.376 e. The molecule has 2 heterocycles. The second kappa shape index (κ2) is 12.2. The van der Waals surface area contributed by atoms with Crippen LogP contribution in [0.5, 0.6) is 0 Å². The van der Waals surface area contributed by atoms with Crippen LogP contribution in [0.3, 0.4) is 0 Å². The summed E-state index contributed by atoms with van der Waals surface area (Å²) in [5, 5.41) is 0. The zero-order chi connectivity index (χ0) is 18.0. The van der Waals surface area contributed by atoms with E-state index in [9.17, 15) is 0 Å². The van der Waals surface area contributed by atoms with Crippen LogP contribution < -0.4 is 0 Å². The Bertz CT molecular complexity index is 275. The third-order valence-electron chi connectivity index (χ3n) is 4.18. The standard InChI is InChI=1S/C9H19NO.C8H17NO.C2H6/c1-7(2)10-5-8(3)11-9(4)6-10;1-7(2)9-4-5-10-8(3)6-9;1-2/h7-9H,5-6H2,1-4H3;7-8H,4-6H2,1-3H3;1-2H3/t;8-;/m.1./s1. The normalized spacial score (nSPS) is 29.6. The SMILES string of the molecule is CC.CC(C)N1CCO[C@H](C)C1.CC1CN(C(C)C)CC(C)O1. The van der Waals surface area contributed by atoms with Crippen LogP contribution in [0, 0.1) is 0 Å². The first-order valence-electron chi connectivity index (χ1n) is 9.54. The molecule has 2 saturated heterocycles. The molecule has 4 heteroatoms. The number of ether oxygens (including phenoxy) is 2. The van der Waals surface area contributed by atoms with Gasteiger partial charge in [0.1, 0.15) is 0 Å². The molecule has 140 valence electrons. The molecule has 2 fully saturated rings. The van der Waals surface area contributed by atoms with Crippen molar-refractivity contribution in [3.63, 3.8) is 0 Å². The summed E-state index contributed by atoms with van der Waals surface area (Å²) in [6.45, 7) is 24.6. The summed E-state index contributed by atoms with van der Waals surface area (Å²) in [7, 11) is 0. The zero-order valence-corrected chi connectivity index (χ0v) is 17.1. The van der Waals surface area contributed by atoms with Crippen molar-refractivity contribution in [3.05, 3.63) is 0 Å². The van der Waals surface area contributed by atoms with Crippen LogP contribution in [0.1, 0.15) is 62.3 Å². The van der Waals surface area contributed by atoms with Crippen LogP contribution in [0.2, 0.25) is 0 Å². The summed E-state index contributed by atoms with van der Waals surface area (Å²) in [5.74, 6) is 0. The molecule has 0 saturated carbocycles. The van der Waals surface area contributed by atoms with Crippen molar-refractivity contribution in [3.8, 4) is 0 Å². The van der Waals surface area contributed by atoms with Gasteiger partial charge in [-0.2, -0.15) is 0 Å². The molecule has 3 atom stereocenters. The van der Waals surface area contributed by atoms with E-state index in [1.165, 1.54) is 0 Å². The lowest BCUT2D eigenvalue weighted by Gasteiger charge is -2.37. The molecule has 0 amide bonds. The molecule has 0 aromatic rings. The lowest BCUT2D eigenvalue weighted by atomic mass is 10.2. The number of hydrogen-bond acceptors (Lipinski definition) is 4. The Kier molecular flexibility index (Phi) is 12.2. The average molecular weight is 331 g/mol. The maximum Gasteiger partial charge on any atom is 0.0678 e. The molecule has 0 aromatic heterocycles. The second-order valence-electron chi connectivity index (χ2n) is 7.08. The highest BCUT2D eigenvalue weighted by molar-refractivity contribution is 4.75. The maximum atomic E-state index is 5.62. The van der Waals surface area contributed by atoms with Crippen molar-refractivity contribution in [2.24, 2.45) is 0 Å². The lowest BCUT2D eigenvalue weighted by molar-refractivity contribution is -0.0764. The van der Waals surface area contributed by atoms with E-state index in [0.717, 1.165) is 32.8 Å². The van der Waals surface area contributed by atoms with Crippen LogP contribution in [0.15, 0.2) is 0 Å². The minimum absolute atomic E-state index is 0.404. The molecule has 2 aliphatic heterocycles. The van der Waals surface area contributed by atoms with E-state index in [-0.39, 0.29) is 0 Å². The fraction of sp³-hybridized carbons (Fsp3) is 1.00. The van der Waals surface area contributed by atoms with Gasteiger partial charge in [0.15, 0.2) is 0 Å². The van der Waals surface area contributed by atoms with Crippen molar-refractivity contribution in [2.45, 2.75) is 92.7 Å². The fourth-order valence-electron chi connectivity index (χ4n) is 2.95. The predicted octanol–water partition coefficient (Wildman–Crippen LogP) is 3.65. The Morgan fingerprint density at radius 3 is 1.52 bits per heavy atom. The van der Waals surface area contributed by atoms with Crippen molar-refractivity contribution < 1.29 is 9.47 Å². The van der Waals surface area contributed by atoms with Crippen LogP contribution in [-0.2, 0) is 9.47 Å². The zero-order valence-electron chi connectivity index (χ0n) is 17.1. The van der Waals surface area contributed by atoms with Gasteiger partial charge in [-0.3, -0.25) is 9.80 Å². The van der Waals surface area contributed by atoms with Crippen LogP contribution in [0.25, 0.3) is 0 Å². The Morgan fingerprint density at radius 1 is 0.739 bits per heavy atom. The van der Waals surface area contributed by atoms with Crippen molar-refractivity contribution in [1.82, 2.24) is 9.80 Å². The van der Waals surface area contributed by atoms with E-state index in [4.69, 9.17) is 9.47 Å². The molecule has 0 N–H and O–H groups in total. The monoisotopic (exact) mass is 330 g/mol. The van der Waals surface area contributed by atoms with Gasteiger partial charge in [-0.15, -0.1) is 0 Å². The van der Waals surface area contributed by atoms with Gasteiger partial charge in [-0.05, 0) is 48.5 Å². The third-order valence-corrected chi connectivity index (χ3v) is 4.18. The molecular formula is C19H42N2O2. The minimum atomic E-state index is 0.404. The summed E-state index contributed by atoms with van der Waals surface area (Å²) in [4.78, 5) is 4.92. The van der Waals surface area contributed by atoms with E-state index >= 15 is 0 Å². The smallest absolute Gasteiger partial charge is 0.0678 e. The van der Waals surface area contributed by atoms with Crippen LogP contribution >= 0.6 is 0 Å². The molecule has 23 heavy (non-hydrogen) atoms. The number of morpholine rings is 2. The average Bonchev–Trinajstić information content (AvgIpc) is 2.49. The van der Waals surface area contributed by atoms with Gasteiger partial charge in [0, 0.05) is 38.3 Å². The Morgan fingerprint density at radius 2 is 1.17 bits per heavy atom. The second-order valence-corrected chi connectivity index (χ2v) is 7.08. The molecule has 4 nitrogen and oxygen atoms in total. The molecule has 2 rings (SSSR count). The first kappa shape index (κ1) is 22.8. The van der Waals surface area contributed by atoms with E-state index in [1.54, 1.807) is 0 Å². The van der Waals surface area contributed by atoms with Crippen LogP contribution in [-0.4, -0.2) is 73.0 Å². The maximum absolute atomic E-state index is 5.62. The van der Waals surface area contributed by atoms with Gasteiger partial charge in [0.05, 0.1) is 24.9 Å². The van der Waals surface area contributed by atoms with Gasteiger partial charge in [0.25, 0.3) is 0 Å². The van der Waals surface area contributed by atoms with E-state index < -0.39 is 0 Å². The van der Waals surface area contributed by atoms with E-state index in [1.807, 2.05) is 13.8 Å². The third kappa shape index (κ3) is 9.65. The highest BCUT2D eigenvalue weighted by Gasteiger charge is 2.23. The fourth-order valence-corrected chi connectivity index (χ4v) is 2.95. The first-order chi connectivity index (χ1) is 10.8. The van der Waals surface area contributed by atoms with Crippen molar-refractivity contribution in [1.29, 1.82) is 0 Å². The van der Waals surface area contributed by atoms with Gasteiger partial charge >= 0.3 is 0 Å². The number of rotatable bonds is 2. The van der Waals surface area contributed by atoms with Gasteiger partial charge in [-0.1, -0.05) is 13.8 Å². The Labute approximate surface area is 145 Å². The van der Waals surface area contributed by atoms with Gasteiger partial charge in [-0.25, -0.2) is 0 Å². The van der Waals surface area contributed by atoms with Gasteiger partial charge in [0.2, 0.25) is 0 Å². The molecule has 0 bridgehead atoms. The first-order valence-corrected chi connectivity index (χ1v) is 9.54. The quantitative estimate of drug-likeness (QED) is 0.771. The predicted molar refractivity (Wildman–Crippen MR) is 100 cm³/mol. The highest BCUT2D eigenvalue weighted by Crippen LogP contribution is 2.12. The number of nitrogens with zero attached hydrogens (tertiary/aromatic N) is 2.